The molecule has 1 aliphatic rings. The van der Waals surface area contributed by atoms with E-state index in [9.17, 15) is 0 Å². The maximum atomic E-state index is 5.97. The van der Waals surface area contributed by atoms with E-state index in [2.05, 4.69) is 57.4 Å². The van der Waals surface area contributed by atoms with Crippen LogP contribution in [-0.2, 0) is 4.74 Å². The molecule has 2 atom stereocenters. The van der Waals surface area contributed by atoms with Gasteiger partial charge in [0.1, 0.15) is 5.76 Å². The molecule has 2 N–H and O–H groups in total. The molecule has 24 heavy (non-hydrogen) atoms. The van der Waals surface area contributed by atoms with Gasteiger partial charge in [0.15, 0.2) is 0 Å². The molecule has 0 saturated heterocycles. The summed E-state index contributed by atoms with van der Waals surface area (Å²) in [7, 11) is 1.79. The number of furan rings is 1. The molecule has 0 aliphatic carbocycles. The van der Waals surface area contributed by atoms with E-state index in [4.69, 9.17) is 9.15 Å². The van der Waals surface area contributed by atoms with Gasteiger partial charge in [0.25, 0.3) is 0 Å². The first kappa shape index (κ1) is 16.9. The molecule has 1 aliphatic heterocycles. The number of hydrogen-bond donors (Lipinski definition) is 2. The molecule has 4 heteroatoms. The highest BCUT2D eigenvalue weighted by Crippen LogP contribution is 2.54. The summed E-state index contributed by atoms with van der Waals surface area (Å²) in [5.74, 6) is 0.941. The zero-order chi connectivity index (χ0) is 17.5. The van der Waals surface area contributed by atoms with E-state index in [0.29, 0.717) is 6.04 Å². The van der Waals surface area contributed by atoms with E-state index in [1.807, 2.05) is 12.1 Å². The molecule has 0 fully saturated rings. The lowest BCUT2D eigenvalue weighted by Gasteiger charge is -2.45. The number of ether oxygens (including phenoxy) is 1. The fourth-order valence-electron chi connectivity index (χ4n) is 3.84. The minimum Gasteiger partial charge on any atom is -0.467 e. The Balaban J connectivity index is 2.10. The molecule has 2 unspecified atom stereocenters. The zero-order valence-electron chi connectivity index (χ0n) is 15.4. The minimum atomic E-state index is -0.150. The average molecular weight is 328 g/mol. The van der Waals surface area contributed by atoms with Crippen molar-refractivity contribution in [3.05, 3.63) is 47.4 Å². The summed E-state index contributed by atoms with van der Waals surface area (Å²) in [6, 6.07) is 8.82. The molecular weight excluding hydrogens is 300 g/mol. The summed E-state index contributed by atoms with van der Waals surface area (Å²) in [5.41, 5.74) is 4.55. The summed E-state index contributed by atoms with van der Waals surface area (Å²) in [6.45, 7) is 10.9. The van der Waals surface area contributed by atoms with Gasteiger partial charge in [-0.1, -0.05) is 13.8 Å². The van der Waals surface area contributed by atoms with Crippen LogP contribution < -0.4 is 10.6 Å². The van der Waals surface area contributed by atoms with Crippen molar-refractivity contribution in [2.24, 2.45) is 5.41 Å². The van der Waals surface area contributed by atoms with Crippen LogP contribution in [0.1, 0.15) is 56.7 Å². The van der Waals surface area contributed by atoms with Gasteiger partial charge in [0.05, 0.1) is 18.4 Å². The minimum absolute atomic E-state index is 0.0172. The van der Waals surface area contributed by atoms with Gasteiger partial charge < -0.3 is 19.8 Å². The first-order valence-corrected chi connectivity index (χ1v) is 8.58. The second-order valence-corrected chi connectivity index (χ2v) is 7.59. The van der Waals surface area contributed by atoms with Crippen molar-refractivity contribution < 1.29 is 9.15 Å². The van der Waals surface area contributed by atoms with Gasteiger partial charge in [-0.05, 0) is 50.6 Å². The Kier molecular flexibility index (Phi) is 4.35. The Morgan fingerprint density at radius 2 is 2.04 bits per heavy atom. The Hall–Kier alpha value is -1.94. The molecule has 0 bridgehead atoms. The number of anilines is 2. The van der Waals surface area contributed by atoms with Crippen molar-refractivity contribution >= 4 is 11.4 Å². The van der Waals surface area contributed by atoms with Gasteiger partial charge in [0.2, 0.25) is 0 Å². The molecule has 4 nitrogen and oxygen atoms in total. The fourth-order valence-corrected chi connectivity index (χ4v) is 3.84. The van der Waals surface area contributed by atoms with Crippen molar-refractivity contribution in [1.29, 1.82) is 0 Å². The third-order valence-corrected chi connectivity index (χ3v) is 4.88. The normalized spacial score (nSPS) is 22.1. The molecule has 1 aromatic carbocycles. The second-order valence-electron chi connectivity index (χ2n) is 7.59. The first-order chi connectivity index (χ1) is 11.3. The number of hydrogen-bond acceptors (Lipinski definition) is 4. The number of fused-ring (bicyclic) bond motifs is 1. The largest absolute Gasteiger partial charge is 0.467 e. The molecule has 0 radical (unpaired) electrons. The lowest BCUT2D eigenvalue weighted by atomic mass is 9.71. The van der Waals surface area contributed by atoms with Gasteiger partial charge in [-0.3, -0.25) is 0 Å². The van der Waals surface area contributed by atoms with Gasteiger partial charge in [-0.2, -0.15) is 0 Å². The van der Waals surface area contributed by atoms with E-state index >= 15 is 0 Å². The fraction of sp³-hybridized carbons (Fsp3) is 0.500. The van der Waals surface area contributed by atoms with Gasteiger partial charge in [-0.25, -0.2) is 0 Å². The van der Waals surface area contributed by atoms with Crippen LogP contribution in [0.25, 0.3) is 0 Å². The highest BCUT2D eigenvalue weighted by Gasteiger charge is 2.46. The van der Waals surface area contributed by atoms with Crippen LogP contribution in [0.4, 0.5) is 11.4 Å². The lowest BCUT2D eigenvalue weighted by molar-refractivity contribution is -0.0142. The Labute approximate surface area is 144 Å². The predicted octanol–water partition coefficient (Wildman–Crippen LogP) is 5.29. The molecular formula is C20H28N2O2. The molecule has 0 amide bonds. The van der Waals surface area contributed by atoms with Crippen LogP contribution in [-0.4, -0.2) is 13.2 Å². The molecule has 0 spiro atoms. The van der Waals surface area contributed by atoms with Crippen LogP contribution in [0.3, 0.4) is 0 Å². The third kappa shape index (κ3) is 2.80. The third-order valence-electron chi connectivity index (χ3n) is 4.88. The Morgan fingerprint density at radius 3 is 2.62 bits per heavy atom. The molecule has 2 aromatic rings. The monoisotopic (exact) mass is 328 g/mol. The SMILES string of the molecule is COC1c2cc(NC(C)C)cc(C)c2NC(c2ccco2)C1(C)C. The highest BCUT2D eigenvalue weighted by atomic mass is 16.5. The van der Waals surface area contributed by atoms with E-state index in [1.165, 1.54) is 11.1 Å². The quantitative estimate of drug-likeness (QED) is 0.800. The summed E-state index contributed by atoms with van der Waals surface area (Å²) in [5, 5.41) is 7.21. The number of nitrogens with one attached hydrogen (secondary N) is 2. The summed E-state index contributed by atoms with van der Waals surface area (Å²) in [6.07, 6.45) is 1.71. The highest BCUT2D eigenvalue weighted by molar-refractivity contribution is 5.68. The van der Waals surface area contributed by atoms with Crippen molar-refractivity contribution in [1.82, 2.24) is 0 Å². The zero-order valence-corrected chi connectivity index (χ0v) is 15.4. The molecule has 3 rings (SSSR count). The van der Waals surface area contributed by atoms with E-state index in [-0.39, 0.29) is 17.6 Å². The summed E-state index contributed by atoms with van der Waals surface area (Å²) in [4.78, 5) is 0. The second kappa shape index (κ2) is 6.17. The van der Waals surface area contributed by atoms with Crippen molar-refractivity contribution in [3.8, 4) is 0 Å². The van der Waals surface area contributed by atoms with E-state index in [0.717, 1.165) is 17.1 Å². The van der Waals surface area contributed by atoms with Crippen LogP contribution in [0.15, 0.2) is 34.9 Å². The standard InChI is InChI=1S/C20H28N2O2/c1-12(2)21-14-10-13(3)17-15(11-14)19(23-6)20(4,5)18(22-17)16-8-7-9-24-16/h7-12,18-19,21-22H,1-6H3. The Morgan fingerprint density at radius 1 is 1.29 bits per heavy atom. The number of aryl methyl sites for hydroxylation is 1. The van der Waals surface area contributed by atoms with Crippen LogP contribution in [0, 0.1) is 12.3 Å². The maximum Gasteiger partial charge on any atom is 0.126 e. The van der Waals surface area contributed by atoms with Crippen molar-refractivity contribution in [2.75, 3.05) is 17.7 Å². The predicted molar refractivity (Wildman–Crippen MR) is 98.5 cm³/mol. The summed E-state index contributed by atoms with van der Waals surface area (Å²) >= 11 is 0. The maximum absolute atomic E-state index is 5.97. The van der Waals surface area contributed by atoms with Gasteiger partial charge in [-0.15, -0.1) is 0 Å². The smallest absolute Gasteiger partial charge is 0.126 e. The van der Waals surface area contributed by atoms with Gasteiger partial charge in [0, 0.05) is 35.5 Å². The van der Waals surface area contributed by atoms with Gasteiger partial charge >= 0.3 is 0 Å². The first-order valence-electron chi connectivity index (χ1n) is 8.58. The van der Waals surface area contributed by atoms with E-state index in [1.54, 1.807) is 13.4 Å². The van der Waals surface area contributed by atoms with E-state index < -0.39 is 0 Å². The summed E-state index contributed by atoms with van der Waals surface area (Å²) < 4.78 is 11.7. The average Bonchev–Trinajstić information content (AvgIpc) is 2.99. The number of benzene rings is 1. The lowest BCUT2D eigenvalue weighted by Crippen LogP contribution is -2.39. The molecule has 0 saturated carbocycles. The number of methoxy groups -OCH3 is 1. The number of rotatable bonds is 4. The van der Waals surface area contributed by atoms with Crippen LogP contribution >= 0.6 is 0 Å². The topological polar surface area (TPSA) is 46.4 Å². The Bertz CT molecular complexity index is 705. The molecule has 2 heterocycles. The molecule has 130 valence electrons. The van der Waals surface area contributed by atoms with Crippen molar-refractivity contribution in [3.63, 3.8) is 0 Å². The van der Waals surface area contributed by atoms with Crippen LogP contribution in [0.5, 0.6) is 0 Å². The van der Waals surface area contributed by atoms with Crippen molar-refractivity contribution in [2.45, 2.75) is 52.8 Å². The van der Waals surface area contributed by atoms with Crippen LogP contribution in [0.2, 0.25) is 0 Å². The molecule has 1 aromatic heterocycles.